The number of carbonyl (C=O) groups excluding carboxylic acids is 1. The van der Waals surface area contributed by atoms with Gasteiger partial charge in [-0.05, 0) is 37.8 Å². The highest BCUT2D eigenvalue weighted by atomic mass is 16.3. The van der Waals surface area contributed by atoms with Crippen LogP contribution in [0.4, 0.5) is 0 Å². The molecular weight excluding hydrogens is 316 g/mol. The molecule has 1 saturated heterocycles. The van der Waals surface area contributed by atoms with Gasteiger partial charge in [0.1, 0.15) is 5.76 Å². The van der Waals surface area contributed by atoms with Crippen molar-refractivity contribution in [1.82, 2.24) is 15.5 Å². The van der Waals surface area contributed by atoms with E-state index >= 15 is 0 Å². The van der Waals surface area contributed by atoms with Crippen molar-refractivity contribution >= 4 is 11.9 Å². The van der Waals surface area contributed by atoms with Crippen molar-refractivity contribution in [3.8, 4) is 0 Å². The quantitative estimate of drug-likeness (QED) is 0.451. The third-order valence-electron chi connectivity index (χ3n) is 4.40. The maximum Gasteiger partial charge on any atom is 0.220 e. The number of nitrogens with one attached hydrogen (secondary N) is 2. The Hall–Kier alpha value is -2.24. The molecule has 1 aromatic rings. The zero-order valence-corrected chi connectivity index (χ0v) is 15.4. The number of carbonyl (C=O) groups is 1. The molecule has 1 amide bonds. The summed E-state index contributed by atoms with van der Waals surface area (Å²) in [6.07, 6.45) is 5.17. The van der Waals surface area contributed by atoms with Crippen molar-refractivity contribution < 1.29 is 9.21 Å². The van der Waals surface area contributed by atoms with Crippen LogP contribution in [-0.2, 0) is 11.2 Å². The third kappa shape index (κ3) is 6.64. The van der Waals surface area contributed by atoms with E-state index in [0.29, 0.717) is 18.9 Å². The zero-order valence-electron chi connectivity index (χ0n) is 15.4. The van der Waals surface area contributed by atoms with E-state index in [-0.39, 0.29) is 5.91 Å². The van der Waals surface area contributed by atoms with E-state index in [2.05, 4.69) is 27.1 Å². The molecule has 1 aromatic heterocycles. The Labute approximate surface area is 150 Å². The highest BCUT2D eigenvalue weighted by Gasteiger charge is 2.23. The van der Waals surface area contributed by atoms with Crippen LogP contribution in [0.15, 0.2) is 40.0 Å². The van der Waals surface area contributed by atoms with Crippen molar-refractivity contribution in [1.29, 1.82) is 0 Å². The molecule has 138 valence electrons. The molecule has 25 heavy (non-hydrogen) atoms. The molecule has 6 heteroatoms. The third-order valence-corrected chi connectivity index (χ3v) is 4.40. The molecule has 0 aromatic carbocycles. The summed E-state index contributed by atoms with van der Waals surface area (Å²) in [5.74, 6) is 2.48. The Balaban J connectivity index is 1.86. The first kappa shape index (κ1) is 19.1. The van der Waals surface area contributed by atoms with E-state index < -0.39 is 0 Å². The maximum absolute atomic E-state index is 11.5. The number of piperidine rings is 1. The fraction of sp³-hybridized carbons (Fsp3) is 0.579. The van der Waals surface area contributed by atoms with Gasteiger partial charge < -0.3 is 20.0 Å². The summed E-state index contributed by atoms with van der Waals surface area (Å²) in [5.41, 5.74) is 1.04. The van der Waals surface area contributed by atoms with Gasteiger partial charge in [-0.25, -0.2) is 4.99 Å². The van der Waals surface area contributed by atoms with Gasteiger partial charge in [-0.3, -0.25) is 4.79 Å². The lowest BCUT2D eigenvalue weighted by atomic mass is 9.93. The van der Waals surface area contributed by atoms with E-state index in [9.17, 15) is 4.79 Å². The fourth-order valence-corrected chi connectivity index (χ4v) is 2.94. The summed E-state index contributed by atoms with van der Waals surface area (Å²) >= 11 is 0. The largest absolute Gasteiger partial charge is 0.469 e. The van der Waals surface area contributed by atoms with Crippen LogP contribution in [0.25, 0.3) is 0 Å². The molecule has 0 aliphatic carbocycles. The van der Waals surface area contributed by atoms with Crippen molar-refractivity contribution in [2.75, 3.05) is 33.2 Å². The number of likely N-dealkylation sites (tertiary alicyclic amines) is 1. The van der Waals surface area contributed by atoms with Gasteiger partial charge in [0, 0.05) is 39.5 Å². The van der Waals surface area contributed by atoms with Gasteiger partial charge in [0.2, 0.25) is 5.91 Å². The fourth-order valence-electron chi connectivity index (χ4n) is 2.94. The minimum absolute atomic E-state index is 0.131. The predicted octanol–water partition coefficient (Wildman–Crippen LogP) is 2.19. The monoisotopic (exact) mass is 346 g/mol. The Kier molecular flexibility index (Phi) is 7.57. The van der Waals surface area contributed by atoms with Crippen LogP contribution in [0.1, 0.15) is 31.9 Å². The average Bonchev–Trinajstić information content (AvgIpc) is 3.12. The highest BCUT2D eigenvalue weighted by Crippen LogP contribution is 2.20. The molecule has 1 fully saturated rings. The molecule has 2 N–H and O–H groups in total. The standard InChI is InChI=1S/C19H30N4O2/c1-15(2)14-22-19(21-9-6-17-5-4-12-25-17)23-10-7-16(8-11-23)13-18(24)20-3/h4-5,12,16H,1,6-11,13-14H2,2-3H3,(H,20,24)(H,21,22). The van der Waals surface area contributed by atoms with Gasteiger partial charge in [-0.1, -0.05) is 12.2 Å². The summed E-state index contributed by atoms with van der Waals surface area (Å²) in [4.78, 5) is 18.5. The van der Waals surface area contributed by atoms with Crippen LogP contribution < -0.4 is 10.6 Å². The lowest BCUT2D eigenvalue weighted by molar-refractivity contribution is -0.121. The molecule has 1 aliphatic heterocycles. The molecule has 2 heterocycles. The number of hydrogen-bond acceptors (Lipinski definition) is 3. The number of rotatable bonds is 7. The first-order valence-electron chi connectivity index (χ1n) is 8.99. The van der Waals surface area contributed by atoms with E-state index in [1.807, 2.05) is 19.1 Å². The van der Waals surface area contributed by atoms with Gasteiger partial charge in [0.25, 0.3) is 0 Å². The van der Waals surface area contributed by atoms with Crippen LogP contribution in [0.2, 0.25) is 0 Å². The van der Waals surface area contributed by atoms with Gasteiger partial charge in [-0.15, -0.1) is 0 Å². The topological polar surface area (TPSA) is 69.9 Å². The zero-order chi connectivity index (χ0) is 18.1. The molecule has 6 nitrogen and oxygen atoms in total. The minimum Gasteiger partial charge on any atom is -0.469 e. The Bertz CT molecular complexity index is 572. The van der Waals surface area contributed by atoms with Crippen LogP contribution >= 0.6 is 0 Å². The Morgan fingerprint density at radius 3 is 2.80 bits per heavy atom. The number of hydrogen-bond donors (Lipinski definition) is 2. The minimum atomic E-state index is 0.131. The van der Waals surface area contributed by atoms with Crippen molar-refractivity contribution in [2.45, 2.75) is 32.6 Å². The Morgan fingerprint density at radius 2 is 2.20 bits per heavy atom. The van der Waals surface area contributed by atoms with E-state index in [0.717, 1.165) is 56.2 Å². The van der Waals surface area contributed by atoms with Crippen molar-refractivity contribution in [3.05, 3.63) is 36.3 Å². The molecule has 0 atom stereocenters. The first-order valence-corrected chi connectivity index (χ1v) is 8.99. The normalized spacial score (nSPS) is 15.9. The van der Waals surface area contributed by atoms with Gasteiger partial charge in [0.05, 0.1) is 12.8 Å². The van der Waals surface area contributed by atoms with Crippen LogP contribution in [-0.4, -0.2) is 50.0 Å². The summed E-state index contributed by atoms with van der Waals surface area (Å²) in [5, 5.41) is 6.16. The Morgan fingerprint density at radius 1 is 1.44 bits per heavy atom. The second kappa shape index (κ2) is 9.91. The smallest absolute Gasteiger partial charge is 0.220 e. The number of aliphatic imine (C=N–C) groups is 1. The summed E-state index contributed by atoms with van der Waals surface area (Å²) in [6.45, 7) is 9.17. The number of furan rings is 1. The summed E-state index contributed by atoms with van der Waals surface area (Å²) < 4.78 is 5.38. The molecule has 0 radical (unpaired) electrons. The summed E-state index contributed by atoms with van der Waals surface area (Å²) in [6, 6.07) is 3.89. The second-order valence-electron chi connectivity index (χ2n) is 6.66. The molecule has 1 aliphatic rings. The van der Waals surface area contributed by atoms with Crippen LogP contribution in [0.3, 0.4) is 0 Å². The molecule has 2 rings (SSSR count). The van der Waals surface area contributed by atoms with Crippen LogP contribution in [0, 0.1) is 5.92 Å². The number of amides is 1. The number of guanidine groups is 1. The summed E-state index contributed by atoms with van der Waals surface area (Å²) in [7, 11) is 1.70. The SMILES string of the molecule is C=C(C)CN=C(NCCc1ccco1)N1CCC(CC(=O)NC)CC1. The second-order valence-corrected chi connectivity index (χ2v) is 6.66. The first-order chi connectivity index (χ1) is 12.1. The molecule has 0 spiro atoms. The lowest BCUT2D eigenvalue weighted by Gasteiger charge is -2.34. The van der Waals surface area contributed by atoms with Gasteiger partial charge in [0.15, 0.2) is 5.96 Å². The van der Waals surface area contributed by atoms with E-state index in [1.54, 1.807) is 13.3 Å². The number of nitrogens with zero attached hydrogens (tertiary/aromatic N) is 2. The molecule has 0 bridgehead atoms. The average molecular weight is 346 g/mol. The van der Waals surface area contributed by atoms with E-state index in [1.165, 1.54) is 0 Å². The predicted molar refractivity (Wildman–Crippen MR) is 101 cm³/mol. The molecular formula is C19H30N4O2. The van der Waals surface area contributed by atoms with E-state index in [4.69, 9.17) is 4.42 Å². The lowest BCUT2D eigenvalue weighted by Crippen LogP contribution is -2.46. The van der Waals surface area contributed by atoms with Gasteiger partial charge >= 0.3 is 0 Å². The van der Waals surface area contributed by atoms with Gasteiger partial charge in [-0.2, -0.15) is 0 Å². The molecule has 0 unspecified atom stereocenters. The molecule has 0 saturated carbocycles. The highest BCUT2D eigenvalue weighted by molar-refractivity contribution is 5.80. The van der Waals surface area contributed by atoms with Crippen LogP contribution in [0.5, 0.6) is 0 Å². The van der Waals surface area contributed by atoms with Crippen molar-refractivity contribution in [2.24, 2.45) is 10.9 Å². The van der Waals surface area contributed by atoms with Crippen molar-refractivity contribution in [3.63, 3.8) is 0 Å². The maximum atomic E-state index is 11.5.